The van der Waals surface area contributed by atoms with Crippen molar-refractivity contribution in [3.63, 3.8) is 0 Å². The number of hydrogen-bond donors (Lipinski definition) is 1. The highest BCUT2D eigenvalue weighted by molar-refractivity contribution is 6.42. The lowest BCUT2D eigenvalue weighted by Crippen LogP contribution is -2.33. The molecule has 0 bridgehead atoms. The minimum atomic E-state index is 0.484. The molecule has 2 aromatic heterocycles. The summed E-state index contributed by atoms with van der Waals surface area (Å²) in [5, 5.41) is 4.26. The second kappa shape index (κ2) is 9.04. The Bertz CT molecular complexity index is 989. The van der Waals surface area contributed by atoms with Crippen molar-refractivity contribution in [2.75, 3.05) is 24.3 Å². The van der Waals surface area contributed by atoms with E-state index < -0.39 is 0 Å². The van der Waals surface area contributed by atoms with Gasteiger partial charge >= 0.3 is 0 Å². The Morgan fingerprint density at radius 2 is 1.96 bits per heavy atom. The van der Waals surface area contributed by atoms with Crippen molar-refractivity contribution in [2.45, 2.75) is 13.3 Å². The molecule has 3 rings (SSSR count). The van der Waals surface area contributed by atoms with Gasteiger partial charge in [0.1, 0.15) is 5.82 Å². The van der Waals surface area contributed by atoms with E-state index >= 15 is 0 Å². The summed E-state index contributed by atoms with van der Waals surface area (Å²) in [4.78, 5) is 15.2. The van der Waals surface area contributed by atoms with Crippen LogP contribution in [0.3, 0.4) is 0 Å². The highest BCUT2D eigenvalue weighted by atomic mass is 35.5. The Morgan fingerprint density at radius 3 is 2.64 bits per heavy atom. The molecule has 0 unspecified atom stereocenters. The van der Waals surface area contributed by atoms with Crippen LogP contribution in [0.1, 0.15) is 16.8 Å². The van der Waals surface area contributed by atoms with Gasteiger partial charge in [0.25, 0.3) is 0 Å². The van der Waals surface area contributed by atoms with E-state index in [4.69, 9.17) is 28.2 Å². The minimum Gasteiger partial charge on any atom is -0.326 e. The molecule has 0 aliphatic heterocycles. The lowest BCUT2D eigenvalue weighted by Gasteiger charge is -2.22. The molecule has 0 saturated carbocycles. The van der Waals surface area contributed by atoms with Crippen LogP contribution in [-0.2, 0) is 6.42 Å². The van der Waals surface area contributed by atoms with Crippen molar-refractivity contribution in [1.82, 2.24) is 9.97 Å². The normalized spacial score (nSPS) is 11.4. The van der Waals surface area contributed by atoms with E-state index in [0.717, 1.165) is 34.7 Å². The van der Waals surface area contributed by atoms with E-state index in [1.54, 1.807) is 25.4 Å². The number of halogens is 2. The number of nitrogens with zero attached hydrogens (tertiary/aromatic N) is 4. The third-order valence-electron chi connectivity index (χ3n) is 4.17. The number of aromatic nitrogens is 2. The maximum Gasteiger partial charge on any atom is 0.203 e. The van der Waals surface area contributed by atoms with Crippen LogP contribution in [0.4, 0.5) is 11.5 Å². The lowest BCUT2D eigenvalue weighted by molar-refractivity contribution is 1.02. The van der Waals surface area contributed by atoms with Crippen molar-refractivity contribution < 1.29 is 0 Å². The molecule has 5 nitrogen and oxygen atoms in total. The molecule has 0 aliphatic carbocycles. The third kappa shape index (κ3) is 5.00. The number of rotatable bonds is 4. The fraction of sp³-hybridized carbons (Fsp3) is 0.190. The third-order valence-corrected chi connectivity index (χ3v) is 4.91. The number of pyridine rings is 2. The van der Waals surface area contributed by atoms with Crippen LogP contribution in [0, 0.1) is 6.92 Å². The summed E-state index contributed by atoms with van der Waals surface area (Å²) >= 11 is 12.1. The first-order chi connectivity index (χ1) is 13.5. The highest BCUT2D eigenvalue weighted by Gasteiger charge is 2.13. The molecule has 0 aliphatic rings. The van der Waals surface area contributed by atoms with Crippen LogP contribution >= 0.6 is 23.2 Å². The maximum atomic E-state index is 6.11. The van der Waals surface area contributed by atoms with Gasteiger partial charge in [-0.2, -0.15) is 0 Å². The molecule has 0 atom stereocenters. The van der Waals surface area contributed by atoms with Crippen LogP contribution in [-0.4, -0.2) is 30.0 Å². The van der Waals surface area contributed by atoms with Gasteiger partial charge in [-0.05, 0) is 54.4 Å². The Kier molecular flexibility index (Phi) is 6.49. The predicted octanol–water partition coefficient (Wildman–Crippen LogP) is 5.22. The first-order valence-corrected chi connectivity index (χ1v) is 9.51. The van der Waals surface area contributed by atoms with E-state index in [2.05, 4.69) is 28.3 Å². The van der Waals surface area contributed by atoms with Gasteiger partial charge in [0.15, 0.2) is 0 Å². The van der Waals surface area contributed by atoms with Gasteiger partial charge in [-0.3, -0.25) is 14.9 Å². The molecule has 1 N–H and O–H groups in total. The fourth-order valence-corrected chi connectivity index (χ4v) is 3.09. The lowest BCUT2D eigenvalue weighted by atomic mass is 10.1. The Labute approximate surface area is 175 Å². The van der Waals surface area contributed by atoms with Crippen molar-refractivity contribution in [3.05, 3.63) is 81.7 Å². The molecule has 1 aromatic carbocycles. The molecule has 0 radical (unpaired) electrons. The number of hydrogen-bond acceptors (Lipinski definition) is 3. The number of aryl methyl sites for hydroxylation is 1. The van der Waals surface area contributed by atoms with Crippen LogP contribution in [0.25, 0.3) is 0 Å². The molecular weight excluding hydrogens is 393 g/mol. The van der Waals surface area contributed by atoms with Gasteiger partial charge in [-0.25, -0.2) is 4.98 Å². The maximum absolute atomic E-state index is 6.11. The highest BCUT2D eigenvalue weighted by Crippen LogP contribution is 2.25. The second-order valence-electron chi connectivity index (χ2n) is 6.39. The van der Waals surface area contributed by atoms with E-state index in [1.165, 1.54) is 0 Å². The first-order valence-electron chi connectivity index (χ1n) is 8.75. The molecule has 0 saturated heterocycles. The molecule has 144 valence electrons. The Balaban J connectivity index is 1.83. The molecule has 0 amide bonds. The van der Waals surface area contributed by atoms with Gasteiger partial charge < -0.3 is 5.32 Å². The van der Waals surface area contributed by atoms with E-state index in [0.29, 0.717) is 16.0 Å². The molecule has 7 heteroatoms. The van der Waals surface area contributed by atoms with Gasteiger partial charge in [0.2, 0.25) is 5.96 Å². The van der Waals surface area contributed by atoms with Gasteiger partial charge in [-0.15, -0.1) is 0 Å². The topological polar surface area (TPSA) is 53.4 Å². The molecule has 3 aromatic rings. The van der Waals surface area contributed by atoms with E-state index in [1.807, 2.05) is 42.4 Å². The molecular formula is C21H21Cl2N5. The summed E-state index contributed by atoms with van der Waals surface area (Å²) in [5.74, 6) is 1.44. The molecule has 0 spiro atoms. The zero-order valence-electron chi connectivity index (χ0n) is 15.9. The monoisotopic (exact) mass is 413 g/mol. The van der Waals surface area contributed by atoms with Crippen LogP contribution in [0.5, 0.6) is 0 Å². The van der Waals surface area contributed by atoms with Crippen molar-refractivity contribution in [1.29, 1.82) is 0 Å². The number of anilines is 2. The number of guanidine groups is 1. The fourth-order valence-electron chi connectivity index (χ4n) is 2.80. The quantitative estimate of drug-likeness (QED) is 0.470. The zero-order valence-corrected chi connectivity index (χ0v) is 17.5. The van der Waals surface area contributed by atoms with Gasteiger partial charge in [0.05, 0.1) is 10.0 Å². The van der Waals surface area contributed by atoms with Crippen molar-refractivity contribution >= 4 is 40.7 Å². The minimum absolute atomic E-state index is 0.484. The summed E-state index contributed by atoms with van der Waals surface area (Å²) in [5.41, 5.74) is 4.01. The van der Waals surface area contributed by atoms with Crippen molar-refractivity contribution in [3.8, 4) is 0 Å². The van der Waals surface area contributed by atoms with E-state index in [-0.39, 0.29) is 0 Å². The first kappa shape index (κ1) is 20.1. The van der Waals surface area contributed by atoms with Crippen LogP contribution in [0.2, 0.25) is 10.0 Å². The average molecular weight is 414 g/mol. The molecule has 0 fully saturated rings. The number of nitrogens with one attached hydrogen (secondary N) is 1. The second-order valence-corrected chi connectivity index (χ2v) is 7.21. The van der Waals surface area contributed by atoms with Gasteiger partial charge in [-0.1, -0.05) is 29.3 Å². The molecule has 2 heterocycles. The van der Waals surface area contributed by atoms with Crippen LogP contribution in [0.15, 0.2) is 59.9 Å². The smallest absolute Gasteiger partial charge is 0.203 e. The number of benzene rings is 1. The summed E-state index contributed by atoms with van der Waals surface area (Å²) in [7, 11) is 3.64. The predicted molar refractivity (Wildman–Crippen MR) is 118 cm³/mol. The molecule has 28 heavy (non-hydrogen) atoms. The summed E-state index contributed by atoms with van der Waals surface area (Å²) in [6.45, 7) is 2.06. The zero-order chi connectivity index (χ0) is 20.1. The largest absolute Gasteiger partial charge is 0.326 e. The SMILES string of the molecule is CN=C(Nc1ccc(Cl)c(Cl)c1)N(C)c1cc(C)cc(Cc2cccnc2)n1. The van der Waals surface area contributed by atoms with Gasteiger partial charge in [0, 0.05) is 44.3 Å². The standard InChI is InChI=1S/C21H21Cl2N5/c1-14-9-17(11-15-5-4-8-25-13-15)26-20(10-14)28(3)21(24-2)27-16-6-7-18(22)19(23)12-16/h4-10,12-13H,11H2,1-3H3,(H,24,27). The Hall–Kier alpha value is -2.63. The summed E-state index contributed by atoms with van der Waals surface area (Å²) in [6, 6.07) is 13.4. The van der Waals surface area contributed by atoms with E-state index in [9.17, 15) is 0 Å². The summed E-state index contributed by atoms with van der Waals surface area (Å²) < 4.78 is 0. The Morgan fingerprint density at radius 1 is 1.14 bits per heavy atom. The van der Waals surface area contributed by atoms with Crippen molar-refractivity contribution in [2.24, 2.45) is 4.99 Å². The number of aliphatic imine (C=N–C) groups is 1. The van der Waals surface area contributed by atoms with Crippen LogP contribution < -0.4 is 10.2 Å². The summed E-state index contributed by atoms with van der Waals surface area (Å²) in [6.07, 6.45) is 4.35. The average Bonchev–Trinajstić information content (AvgIpc) is 2.68.